The number of rotatable bonds is 5. The number of hydrogen-bond acceptors (Lipinski definition) is 3. The SMILES string of the molecule is CS(=O)(=O)c1ccc(Cl)c(NC(=O)Cc2ccc(-c3ccccc3)cc2)c1. The van der Waals surface area contributed by atoms with Gasteiger partial charge < -0.3 is 5.32 Å². The summed E-state index contributed by atoms with van der Waals surface area (Å²) < 4.78 is 23.3. The van der Waals surface area contributed by atoms with Crippen LogP contribution < -0.4 is 5.32 Å². The minimum Gasteiger partial charge on any atom is -0.324 e. The molecular formula is C21H18ClNO3S. The highest BCUT2D eigenvalue weighted by Gasteiger charge is 2.12. The standard InChI is InChI=1S/C21H18ClNO3S/c1-27(25,26)18-11-12-19(22)20(14-18)23-21(24)13-15-7-9-17(10-8-15)16-5-3-2-4-6-16/h2-12,14H,13H2,1H3,(H,23,24). The fraction of sp³-hybridized carbons (Fsp3) is 0.0952. The summed E-state index contributed by atoms with van der Waals surface area (Å²) >= 11 is 6.07. The van der Waals surface area contributed by atoms with Gasteiger partial charge in [0, 0.05) is 6.26 Å². The summed E-state index contributed by atoms with van der Waals surface area (Å²) in [6.07, 6.45) is 1.27. The van der Waals surface area contributed by atoms with Gasteiger partial charge in [-0.2, -0.15) is 0 Å². The van der Waals surface area contributed by atoms with Gasteiger partial charge >= 0.3 is 0 Å². The third kappa shape index (κ3) is 4.96. The van der Waals surface area contributed by atoms with Gasteiger partial charge in [0.15, 0.2) is 9.84 Å². The predicted molar refractivity (Wildman–Crippen MR) is 109 cm³/mol. The molecule has 4 nitrogen and oxygen atoms in total. The maximum absolute atomic E-state index is 12.3. The van der Waals surface area contributed by atoms with E-state index < -0.39 is 9.84 Å². The molecule has 0 spiro atoms. The first-order chi connectivity index (χ1) is 12.8. The zero-order valence-electron chi connectivity index (χ0n) is 14.6. The number of nitrogens with one attached hydrogen (secondary N) is 1. The molecule has 0 unspecified atom stereocenters. The second-order valence-electron chi connectivity index (χ2n) is 6.20. The molecule has 0 saturated heterocycles. The lowest BCUT2D eigenvalue weighted by Crippen LogP contribution is -2.15. The van der Waals surface area contributed by atoms with Crippen LogP contribution in [0, 0.1) is 0 Å². The van der Waals surface area contributed by atoms with E-state index in [2.05, 4.69) is 5.32 Å². The molecule has 27 heavy (non-hydrogen) atoms. The summed E-state index contributed by atoms with van der Waals surface area (Å²) in [7, 11) is -3.38. The third-order valence-corrected chi connectivity index (χ3v) is 5.51. The molecule has 1 N–H and O–H groups in total. The molecule has 0 fully saturated rings. The first kappa shape index (κ1) is 19.1. The maximum atomic E-state index is 12.3. The van der Waals surface area contributed by atoms with Gasteiger partial charge in [-0.05, 0) is 34.9 Å². The smallest absolute Gasteiger partial charge is 0.228 e. The first-order valence-corrected chi connectivity index (χ1v) is 10.5. The van der Waals surface area contributed by atoms with E-state index in [1.54, 1.807) is 0 Å². The van der Waals surface area contributed by atoms with Crippen LogP contribution in [0.4, 0.5) is 5.69 Å². The number of sulfone groups is 1. The molecule has 0 aliphatic carbocycles. The Morgan fingerprint density at radius 2 is 1.56 bits per heavy atom. The normalized spacial score (nSPS) is 11.2. The molecule has 1 amide bonds. The van der Waals surface area contributed by atoms with E-state index in [1.807, 2.05) is 54.6 Å². The molecule has 0 atom stereocenters. The Morgan fingerprint density at radius 1 is 0.926 bits per heavy atom. The second kappa shape index (κ2) is 7.94. The fourth-order valence-electron chi connectivity index (χ4n) is 2.66. The fourth-order valence-corrected chi connectivity index (χ4v) is 3.47. The van der Waals surface area contributed by atoms with E-state index in [0.717, 1.165) is 22.9 Å². The van der Waals surface area contributed by atoms with Crippen LogP contribution in [-0.2, 0) is 21.1 Å². The zero-order valence-corrected chi connectivity index (χ0v) is 16.2. The quantitative estimate of drug-likeness (QED) is 0.682. The lowest BCUT2D eigenvalue weighted by Gasteiger charge is -2.09. The van der Waals surface area contributed by atoms with Crippen molar-refractivity contribution in [3.05, 3.63) is 83.4 Å². The summed E-state index contributed by atoms with van der Waals surface area (Å²) in [5.74, 6) is -0.269. The van der Waals surface area contributed by atoms with Crippen molar-refractivity contribution >= 4 is 33.0 Å². The van der Waals surface area contributed by atoms with E-state index in [-0.39, 0.29) is 27.9 Å². The van der Waals surface area contributed by atoms with Crippen LogP contribution >= 0.6 is 11.6 Å². The van der Waals surface area contributed by atoms with Crippen molar-refractivity contribution < 1.29 is 13.2 Å². The summed E-state index contributed by atoms with van der Waals surface area (Å²) in [6, 6.07) is 21.9. The summed E-state index contributed by atoms with van der Waals surface area (Å²) in [5, 5.41) is 2.97. The van der Waals surface area contributed by atoms with E-state index >= 15 is 0 Å². The largest absolute Gasteiger partial charge is 0.324 e. The maximum Gasteiger partial charge on any atom is 0.228 e. The molecule has 6 heteroatoms. The summed E-state index contributed by atoms with van der Waals surface area (Å²) in [5.41, 5.74) is 3.31. The summed E-state index contributed by atoms with van der Waals surface area (Å²) in [4.78, 5) is 12.4. The van der Waals surface area contributed by atoms with Crippen LogP contribution in [0.1, 0.15) is 5.56 Å². The number of amides is 1. The number of benzene rings is 3. The van der Waals surface area contributed by atoms with Crippen LogP contribution in [0.3, 0.4) is 0 Å². The first-order valence-electron chi connectivity index (χ1n) is 8.27. The number of anilines is 1. The van der Waals surface area contributed by atoms with Crippen LogP contribution in [0.15, 0.2) is 77.7 Å². The highest BCUT2D eigenvalue weighted by molar-refractivity contribution is 7.90. The third-order valence-electron chi connectivity index (χ3n) is 4.07. The molecule has 0 radical (unpaired) electrons. The van der Waals surface area contributed by atoms with E-state index in [9.17, 15) is 13.2 Å². The van der Waals surface area contributed by atoms with Gasteiger partial charge in [0.05, 0.1) is 22.0 Å². The minimum atomic E-state index is -3.38. The van der Waals surface area contributed by atoms with Crippen molar-refractivity contribution in [1.29, 1.82) is 0 Å². The van der Waals surface area contributed by atoms with Crippen molar-refractivity contribution in [3.63, 3.8) is 0 Å². The Bertz CT molecular complexity index is 1060. The van der Waals surface area contributed by atoms with E-state index in [4.69, 9.17) is 11.6 Å². The lowest BCUT2D eigenvalue weighted by molar-refractivity contribution is -0.115. The van der Waals surface area contributed by atoms with Gasteiger partial charge in [0.2, 0.25) is 5.91 Å². The molecule has 0 aromatic heterocycles. The highest BCUT2D eigenvalue weighted by atomic mass is 35.5. The Morgan fingerprint density at radius 3 is 2.19 bits per heavy atom. The second-order valence-corrected chi connectivity index (χ2v) is 8.62. The monoisotopic (exact) mass is 399 g/mol. The van der Waals surface area contributed by atoms with E-state index in [0.29, 0.717) is 0 Å². The van der Waals surface area contributed by atoms with Gasteiger partial charge in [-0.25, -0.2) is 8.42 Å². The molecular weight excluding hydrogens is 382 g/mol. The highest BCUT2D eigenvalue weighted by Crippen LogP contribution is 2.25. The molecule has 0 aliphatic rings. The van der Waals surface area contributed by atoms with Gasteiger partial charge in [-0.3, -0.25) is 4.79 Å². The van der Waals surface area contributed by atoms with Crippen molar-refractivity contribution in [2.24, 2.45) is 0 Å². The van der Waals surface area contributed by atoms with Gasteiger partial charge in [-0.15, -0.1) is 0 Å². The van der Waals surface area contributed by atoms with Crippen LogP contribution in [0.25, 0.3) is 11.1 Å². The Labute approximate surface area is 163 Å². The predicted octanol–water partition coefficient (Wildman–Crippen LogP) is 4.59. The Hall–Kier alpha value is -2.63. The average molecular weight is 400 g/mol. The average Bonchev–Trinajstić information content (AvgIpc) is 2.64. The molecule has 3 aromatic rings. The molecule has 0 aliphatic heterocycles. The van der Waals surface area contributed by atoms with Crippen molar-refractivity contribution in [1.82, 2.24) is 0 Å². The number of halogens is 1. The molecule has 0 bridgehead atoms. The number of carbonyl (C=O) groups excluding carboxylic acids is 1. The van der Waals surface area contributed by atoms with Crippen molar-refractivity contribution in [2.45, 2.75) is 11.3 Å². The summed E-state index contributed by atoms with van der Waals surface area (Å²) in [6.45, 7) is 0. The molecule has 0 saturated carbocycles. The zero-order chi connectivity index (χ0) is 19.4. The Balaban J connectivity index is 1.71. The number of hydrogen-bond donors (Lipinski definition) is 1. The van der Waals surface area contributed by atoms with Crippen molar-refractivity contribution in [2.75, 3.05) is 11.6 Å². The van der Waals surface area contributed by atoms with Crippen molar-refractivity contribution in [3.8, 4) is 11.1 Å². The lowest BCUT2D eigenvalue weighted by atomic mass is 10.0. The van der Waals surface area contributed by atoms with Gasteiger partial charge in [0.1, 0.15) is 0 Å². The van der Waals surface area contributed by atoms with Crippen LogP contribution in [0.5, 0.6) is 0 Å². The van der Waals surface area contributed by atoms with Gasteiger partial charge in [0.25, 0.3) is 0 Å². The van der Waals surface area contributed by atoms with Gasteiger partial charge in [-0.1, -0.05) is 66.2 Å². The molecule has 0 heterocycles. The number of carbonyl (C=O) groups is 1. The molecule has 3 aromatic carbocycles. The minimum absolute atomic E-state index is 0.106. The van der Waals surface area contributed by atoms with Crippen LogP contribution in [0.2, 0.25) is 5.02 Å². The topological polar surface area (TPSA) is 63.2 Å². The van der Waals surface area contributed by atoms with E-state index in [1.165, 1.54) is 18.2 Å². The molecule has 138 valence electrons. The van der Waals surface area contributed by atoms with Crippen LogP contribution in [-0.4, -0.2) is 20.6 Å². The molecule has 3 rings (SSSR count). The Kier molecular flexibility index (Phi) is 5.63.